The molecule has 0 aliphatic heterocycles. The van der Waals surface area contributed by atoms with E-state index < -0.39 is 0 Å². The molecule has 0 unspecified atom stereocenters. The third kappa shape index (κ3) is 4.30. The number of hydrogen-bond donors (Lipinski definition) is 0. The molecule has 3 aromatic carbocycles. The Morgan fingerprint density at radius 1 is 0.750 bits per heavy atom. The smallest absolute Gasteiger partial charge is 0.290 e. The number of nitrogens with zero attached hydrogens (tertiary/aromatic N) is 2. The molecule has 2 aromatic heterocycles. The Bertz CT molecular complexity index is 1310. The van der Waals surface area contributed by atoms with Crippen LogP contribution < -0.4 is 0 Å². The van der Waals surface area contributed by atoms with Gasteiger partial charge in [-0.3, -0.25) is 9.78 Å². The number of fused-ring (bicyclic) bond motifs is 1. The van der Waals surface area contributed by atoms with E-state index in [9.17, 15) is 4.79 Å². The van der Waals surface area contributed by atoms with E-state index in [1.807, 2.05) is 66.7 Å². The number of aromatic nitrogens is 1. The van der Waals surface area contributed by atoms with Crippen molar-refractivity contribution >= 4 is 16.9 Å². The van der Waals surface area contributed by atoms with Crippen LogP contribution in [0.2, 0.25) is 0 Å². The van der Waals surface area contributed by atoms with Crippen molar-refractivity contribution in [3.05, 3.63) is 126 Å². The zero-order valence-corrected chi connectivity index (χ0v) is 17.5. The Morgan fingerprint density at radius 2 is 1.50 bits per heavy atom. The molecule has 2 heterocycles. The standard InChI is InChI=1S/C28H22N2O2/c31-28(27-17-25-12-4-5-14-26(25)32-27)30(20-22-9-7-15-29-18-22)19-21-8-6-13-24(16-21)23-10-2-1-3-11-23/h1-18H,19-20H2. The van der Waals surface area contributed by atoms with Crippen molar-refractivity contribution in [3.63, 3.8) is 0 Å². The summed E-state index contributed by atoms with van der Waals surface area (Å²) in [6, 6.07) is 31.9. The summed E-state index contributed by atoms with van der Waals surface area (Å²) in [6.45, 7) is 0.907. The monoisotopic (exact) mass is 418 g/mol. The Hall–Kier alpha value is -4.18. The number of hydrogen-bond acceptors (Lipinski definition) is 3. The molecule has 0 aliphatic rings. The lowest BCUT2D eigenvalue weighted by Gasteiger charge is -2.22. The molecule has 0 aliphatic carbocycles. The summed E-state index contributed by atoms with van der Waals surface area (Å²) in [5.41, 5.74) is 5.01. The maximum Gasteiger partial charge on any atom is 0.290 e. The lowest BCUT2D eigenvalue weighted by molar-refractivity contribution is 0.0700. The number of carbonyl (C=O) groups is 1. The van der Waals surface area contributed by atoms with Gasteiger partial charge in [0, 0.05) is 30.9 Å². The molecule has 156 valence electrons. The van der Waals surface area contributed by atoms with Crippen LogP contribution in [0.15, 0.2) is 114 Å². The van der Waals surface area contributed by atoms with Crippen LogP contribution >= 0.6 is 0 Å². The van der Waals surface area contributed by atoms with Crippen LogP contribution in [-0.2, 0) is 13.1 Å². The molecule has 0 radical (unpaired) electrons. The van der Waals surface area contributed by atoms with Crippen molar-refractivity contribution in [2.24, 2.45) is 0 Å². The molecule has 0 fully saturated rings. The predicted molar refractivity (Wildman–Crippen MR) is 126 cm³/mol. The highest BCUT2D eigenvalue weighted by Crippen LogP contribution is 2.24. The second-order valence-corrected chi connectivity index (χ2v) is 7.74. The van der Waals surface area contributed by atoms with E-state index in [1.165, 1.54) is 0 Å². The zero-order valence-electron chi connectivity index (χ0n) is 17.5. The van der Waals surface area contributed by atoms with Crippen LogP contribution in [-0.4, -0.2) is 15.8 Å². The van der Waals surface area contributed by atoms with Crippen LogP contribution in [0.3, 0.4) is 0 Å². The van der Waals surface area contributed by atoms with E-state index in [2.05, 4.69) is 35.3 Å². The number of pyridine rings is 1. The maximum absolute atomic E-state index is 13.5. The number of amides is 1. The highest BCUT2D eigenvalue weighted by Gasteiger charge is 2.21. The van der Waals surface area contributed by atoms with Crippen molar-refractivity contribution < 1.29 is 9.21 Å². The first-order valence-corrected chi connectivity index (χ1v) is 10.6. The van der Waals surface area contributed by atoms with E-state index >= 15 is 0 Å². The van der Waals surface area contributed by atoms with Crippen LogP contribution in [0.4, 0.5) is 0 Å². The van der Waals surface area contributed by atoms with Crippen LogP contribution in [0.5, 0.6) is 0 Å². The summed E-state index contributed by atoms with van der Waals surface area (Å²) in [5.74, 6) is 0.199. The first kappa shape index (κ1) is 19.8. The maximum atomic E-state index is 13.5. The lowest BCUT2D eigenvalue weighted by atomic mass is 10.0. The van der Waals surface area contributed by atoms with Crippen molar-refractivity contribution in [1.29, 1.82) is 0 Å². The molecule has 0 bridgehead atoms. The second-order valence-electron chi connectivity index (χ2n) is 7.74. The third-order valence-corrected chi connectivity index (χ3v) is 5.43. The van der Waals surface area contributed by atoms with Gasteiger partial charge in [0.15, 0.2) is 5.76 Å². The molecule has 5 rings (SSSR count). The van der Waals surface area contributed by atoms with Gasteiger partial charge in [-0.25, -0.2) is 0 Å². The van der Waals surface area contributed by atoms with Crippen molar-refractivity contribution in [1.82, 2.24) is 9.88 Å². The lowest BCUT2D eigenvalue weighted by Crippen LogP contribution is -2.30. The largest absolute Gasteiger partial charge is 0.451 e. The summed E-state index contributed by atoms with van der Waals surface area (Å²) >= 11 is 0. The number of carbonyl (C=O) groups excluding carboxylic acids is 1. The Balaban J connectivity index is 1.47. The molecule has 5 aromatic rings. The summed E-state index contributed by atoms with van der Waals surface area (Å²) in [7, 11) is 0. The Morgan fingerprint density at radius 3 is 2.31 bits per heavy atom. The van der Waals surface area contributed by atoms with Crippen LogP contribution in [0.25, 0.3) is 22.1 Å². The van der Waals surface area contributed by atoms with E-state index in [0.717, 1.165) is 27.6 Å². The number of rotatable bonds is 6. The predicted octanol–water partition coefficient (Wildman–Crippen LogP) is 6.34. The molecular formula is C28H22N2O2. The normalized spacial score (nSPS) is 10.9. The van der Waals surface area contributed by atoms with Gasteiger partial charge in [-0.05, 0) is 46.5 Å². The average Bonchev–Trinajstić information content (AvgIpc) is 3.29. The third-order valence-electron chi connectivity index (χ3n) is 5.43. The fraction of sp³-hybridized carbons (Fsp3) is 0.0714. The van der Waals surface area contributed by atoms with Crippen LogP contribution in [0.1, 0.15) is 21.7 Å². The fourth-order valence-electron chi connectivity index (χ4n) is 3.85. The molecule has 32 heavy (non-hydrogen) atoms. The van der Waals surface area contributed by atoms with E-state index in [4.69, 9.17) is 4.42 Å². The number of para-hydroxylation sites is 1. The topological polar surface area (TPSA) is 46.3 Å². The van der Waals surface area contributed by atoms with Gasteiger partial charge >= 0.3 is 0 Å². The molecule has 1 amide bonds. The van der Waals surface area contributed by atoms with Crippen molar-refractivity contribution in [2.45, 2.75) is 13.1 Å². The fourth-order valence-corrected chi connectivity index (χ4v) is 3.85. The quantitative estimate of drug-likeness (QED) is 0.323. The molecule has 0 spiro atoms. The zero-order chi connectivity index (χ0) is 21.8. The van der Waals surface area contributed by atoms with Gasteiger partial charge < -0.3 is 9.32 Å². The van der Waals surface area contributed by atoms with E-state index in [0.29, 0.717) is 24.4 Å². The van der Waals surface area contributed by atoms with Gasteiger partial charge in [0.2, 0.25) is 0 Å². The first-order chi connectivity index (χ1) is 15.8. The second kappa shape index (κ2) is 8.90. The van der Waals surface area contributed by atoms with Gasteiger partial charge in [0.05, 0.1) is 0 Å². The van der Waals surface area contributed by atoms with Gasteiger partial charge in [0.25, 0.3) is 5.91 Å². The Kier molecular flexibility index (Phi) is 5.50. The summed E-state index contributed by atoms with van der Waals surface area (Å²) in [5, 5.41) is 0.920. The van der Waals surface area contributed by atoms with Gasteiger partial charge in [-0.15, -0.1) is 0 Å². The molecular weight excluding hydrogens is 396 g/mol. The molecule has 4 heteroatoms. The Labute approximate surface area is 186 Å². The van der Waals surface area contributed by atoms with Gasteiger partial charge in [-0.1, -0.05) is 72.8 Å². The van der Waals surface area contributed by atoms with Crippen molar-refractivity contribution in [2.75, 3.05) is 0 Å². The summed E-state index contributed by atoms with van der Waals surface area (Å²) in [4.78, 5) is 19.5. The highest BCUT2D eigenvalue weighted by molar-refractivity contribution is 5.96. The minimum absolute atomic E-state index is 0.143. The minimum Gasteiger partial charge on any atom is -0.451 e. The molecule has 4 nitrogen and oxygen atoms in total. The highest BCUT2D eigenvalue weighted by atomic mass is 16.3. The summed E-state index contributed by atoms with van der Waals surface area (Å²) < 4.78 is 5.87. The molecule has 0 saturated carbocycles. The van der Waals surface area contributed by atoms with Crippen molar-refractivity contribution in [3.8, 4) is 11.1 Å². The first-order valence-electron chi connectivity index (χ1n) is 10.6. The van der Waals surface area contributed by atoms with E-state index in [1.54, 1.807) is 17.3 Å². The van der Waals surface area contributed by atoms with Gasteiger partial charge in [0.1, 0.15) is 5.58 Å². The average molecular weight is 418 g/mol. The molecule has 0 N–H and O–H groups in total. The molecule has 0 saturated heterocycles. The molecule has 0 atom stereocenters. The van der Waals surface area contributed by atoms with Gasteiger partial charge in [-0.2, -0.15) is 0 Å². The number of benzene rings is 3. The van der Waals surface area contributed by atoms with Crippen LogP contribution in [0, 0.1) is 0 Å². The SMILES string of the molecule is O=C(c1cc2ccccc2o1)N(Cc1cccnc1)Cc1cccc(-c2ccccc2)c1. The minimum atomic E-state index is -0.143. The van der Waals surface area contributed by atoms with E-state index in [-0.39, 0.29) is 5.91 Å². The summed E-state index contributed by atoms with van der Waals surface area (Å²) in [6.07, 6.45) is 3.53. The number of furan rings is 1.